The summed E-state index contributed by atoms with van der Waals surface area (Å²) in [5.74, 6) is -0.0625. The highest BCUT2D eigenvalue weighted by Crippen LogP contribution is 2.18. The average molecular weight is 347 g/mol. The molecule has 0 radical (unpaired) electrons. The maximum atomic E-state index is 12.5. The molecule has 1 fully saturated rings. The Morgan fingerprint density at radius 1 is 1.36 bits per heavy atom. The molecule has 3 heterocycles. The summed E-state index contributed by atoms with van der Waals surface area (Å²) in [4.78, 5) is 49.1. The number of aromatic nitrogens is 4. The van der Waals surface area contributed by atoms with Crippen LogP contribution >= 0.6 is 0 Å². The van der Waals surface area contributed by atoms with Crippen LogP contribution in [0.25, 0.3) is 0 Å². The first-order valence-electron chi connectivity index (χ1n) is 7.72. The predicted molar refractivity (Wildman–Crippen MR) is 85.8 cm³/mol. The van der Waals surface area contributed by atoms with E-state index in [9.17, 15) is 14.4 Å². The van der Waals surface area contributed by atoms with Gasteiger partial charge in [-0.2, -0.15) is 4.98 Å². The number of amides is 1. The van der Waals surface area contributed by atoms with Crippen LogP contribution in [0.4, 0.5) is 0 Å². The Hall–Kier alpha value is -3.17. The highest BCUT2D eigenvalue weighted by atomic mass is 16.5. The van der Waals surface area contributed by atoms with Crippen molar-refractivity contribution >= 4 is 5.91 Å². The molecule has 1 aliphatic rings. The van der Waals surface area contributed by atoms with Crippen molar-refractivity contribution in [3.63, 3.8) is 0 Å². The van der Waals surface area contributed by atoms with Gasteiger partial charge in [-0.25, -0.2) is 9.78 Å². The third kappa shape index (κ3) is 4.03. The summed E-state index contributed by atoms with van der Waals surface area (Å²) in [6.45, 7) is 0.834. The molecule has 1 atom stereocenters. The van der Waals surface area contributed by atoms with Gasteiger partial charge in [-0.05, 0) is 12.8 Å². The molecule has 25 heavy (non-hydrogen) atoms. The van der Waals surface area contributed by atoms with E-state index in [1.807, 2.05) is 4.98 Å². The lowest BCUT2D eigenvalue weighted by molar-refractivity contribution is 0.0520. The number of piperidine rings is 1. The molecular weight excluding hydrogens is 330 g/mol. The quantitative estimate of drug-likeness (QED) is 0.765. The first-order chi connectivity index (χ1) is 12.0. The number of ether oxygens (including phenoxy) is 2. The molecule has 2 aromatic rings. The van der Waals surface area contributed by atoms with Gasteiger partial charge in [0.2, 0.25) is 5.88 Å². The molecule has 0 aromatic carbocycles. The molecule has 1 amide bonds. The average Bonchev–Trinajstić information content (AvgIpc) is 2.60. The van der Waals surface area contributed by atoms with Crippen LogP contribution < -0.4 is 20.7 Å². The zero-order valence-corrected chi connectivity index (χ0v) is 13.5. The predicted octanol–water partition coefficient (Wildman–Crippen LogP) is -0.455. The second kappa shape index (κ2) is 7.16. The van der Waals surface area contributed by atoms with Gasteiger partial charge in [0.15, 0.2) is 0 Å². The third-order valence-corrected chi connectivity index (χ3v) is 3.73. The molecule has 3 rings (SSSR count). The van der Waals surface area contributed by atoms with Crippen molar-refractivity contribution in [1.82, 2.24) is 24.8 Å². The lowest BCUT2D eigenvalue weighted by atomic mass is 10.1. The number of carbonyl (C=O) groups excluding carboxylic acids is 1. The molecule has 0 spiro atoms. The number of H-pyrrole nitrogens is 2. The van der Waals surface area contributed by atoms with Gasteiger partial charge in [-0.3, -0.25) is 14.6 Å². The lowest BCUT2D eigenvalue weighted by Gasteiger charge is -2.32. The Morgan fingerprint density at radius 3 is 2.96 bits per heavy atom. The van der Waals surface area contributed by atoms with E-state index in [0.717, 1.165) is 18.9 Å². The minimum Gasteiger partial charge on any atom is -0.472 e. The normalized spacial score (nSPS) is 17.2. The highest BCUT2D eigenvalue weighted by molar-refractivity contribution is 5.92. The van der Waals surface area contributed by atoms with Crippen molar-refractivity contribution in [3.8, 4) is 11.9 Å². The maximum absolute atomic E-state index is 12.5. The summed E-state index contributed by atoms with van der Waals surface area (Å²) >= 11 is 0. The van der Waals surface area contributed by atoms with Crippen molar-refractivity contribution in [2.75, 3.05) is 20.2 Å². The molecule has 1 saturated heterocycles. The lowest BCUT2D eigenvalue weighted by Crippen LogP contribution is -2.45. The van der Waals surface area contributed by atoms with E-state index in [-0.39, 0.29) is 17.8 Å². The minimum absolute atomic E-state index is 0.0434. The summed E-state index contributed by atoms with van der Waals surface area (Å²) in [7, 11) is 1.46. The number of hydrogen-bond donors (Lipinski definition) is 2. The number of hydrogen-bond acceptors (Lipinski definition) is 7. The molecule has 10 nitrogen and oxygen atoms in total. The zero-order valence-electron chi connectivity index (χ0n) is 13.5. The minimum atomic E-state index is -0.714. The van der Waals surface area contributed by atoms with Gasteiger partial charge in [-0.1, -0.05) is 0 Å². The van der Waals surface area contributed by atoms with E-state index < -0.39 is 17.2 Å². The SMILES string of the molecule is COc1nccc(OC2CCCN(C(=O)c3cc(=O)[nH]c(=O)[nH]3)C2)n1. The van der Waals surface area contributed by atoms with Gasteiger partial charge in [0.1, 0.15) is 11.8 Å². The number of likely N-dealkylation sites (tertiary alicyclic amines) is 1. The van der Waals surface area contributed by atoms with E-state index in [0.29, 0.717) is 19.0 Å². The van der Waals surface area contributed by atoms with Crippen LogP contribution in [0.2, 0.25) is 0 Å². The van der Waals surface area contributed by atoms with Gasteiger partial charge >= 0.3 is 11.7 Å². The molecule has 132 valence electrons. The fraction of sp³-hybridized carbons (Fsp3) is 0.400. The first-order valence-corrected chi connectivity index (χ1v) is 7.72. The molecule has 2 N–H and O–H groups in total. The Bertz CT molecular complexity index is 849. The van der Waals surface area contributed by atoms with Crippen LogP contribution in [-0.2, 0) is 0 Å². The first kappa shape index (κ1) is 16.7. The number of aromatic amines is 2. The van der Waals surface area contributed by atoms with Gasteiger partial charge in [0.05, 0.1) is 13.7 Å². The van der Waals surface area contributed by atoms with Crippen LogP contribution in [0.1, 0.15) is 23.3 Å². The van der Waals surface area contributed by atoms with Gasteiger partial charge in [-0.15, -0.1) is 0 Å². The number of rotatable bonds is 4. The molecule has 10 heteroatoms. The van der Waals surface area contributed by atoms with Crippen molar-refractivity contribution in [2.24, 2.45) is 0 Å². The van der Waals surface area contributed by atoms with Crippen LogP contribution in [0, 0.1) is 0 Å². The second-order valence-corrected chi connectivity index (χ2v) is 5.52. The Balaban J connectivity index is 1.71. The summed E-state index contributed by atoms with van der Waals surface area (Å²) < 4.78 is 10.7. The summed E-state index contributed by atoms with van der Waals surface area (Å²) in [5, 5.41) is 0. The van der Waals surface area contributed by atoms with Crippen LogP contribution in [0.15, 0.2) is 27.9 Å². The molecule has 0 saturated carbocycles. The molecule has 0 aliphatic carbocycles. The highest BCUT2D eigenvalue weighted by Gasteiger charge is 2.26. The van der Waals surface area contributed by atoms with Gasteiger partial charge < -0.3 is 19.4 Å². The van der Waals surface area contributed by atoms with Crippen molar-refractivity contribution in [1.29, 1.82) is 0 Å². The summed E-state index contributed by atoms with van der Waals surface area (Å²) in [6, 6.07) is 2.88. The Morgan fingerprint density at radius 2 is 2.20 bits per heavy atom. The standard InChI is InChI=1S/C15H17N5O5/c1-24-15-16-5-4-12(19-15)25-9-3-2-6-20(8-9)13(22)10-7-11(21)18-14(23)17-10/h4-5,7,9H,2-3,6,8H2,1H3,(H2,17,18,21,23). The van der Waals surface area contributed by atoms with E-state index in [1.54, 1.807) is 6.07 Å². The Labute approximate surface area is 141 Å². The smallest absolute Gasteiger partial charge is 0.326 e. The largest absolute Gasteiger partial charge is 0.472 e. The van der Waals surface area contributed by atoms with Crippen LogP contribution in [-0.4, -0.2) is 57.0 Å². The third-order valence-electron chi connectivity index (χ3n) is 3.73. The molecule has 2 aromatic heterocycles. The molecule has 0 bridgehead atoms. The number of methoxy groups -OCH3 is 1. The fourth-order valence-electron chi connectivity index (χ4n) is 2.63. The zero-order chi connectivity index (χ0) is 17.8. The van der Waals surface area contributed by atoms with Gasteiger partial charge in [0, 0.05) is 24.9 Å². The summed E-state index contributed by atoms with van der Waals surface area (Å²) in [5.41, 5.74) is -1.38. The van der Waals surface area contributed by atoms with Crippen LogP contribution in [0.3, 0.4) is 0 Å². The monoisotopic (exact) mass is 347 g/mol. The number of nitrogens with one attached hydrogen (secondary N) is 2. The van der Waals surface area contributed by atoms with Crippen molar-refractivity contribution in [2.45, 2.75) is 18.9 Å². The topological polar surface area (TPSA) is 130 Å². The second-order valence-electron chi connectivity index (χ2n) is 5.52. The molecule has 1 unspecified atom stereocenters. The molecular formula is C15H17N5O5. The fourth-order valence-corrected chi connectivity index (χ4v) is 2.63. The summed E-state index contributed by atoms with van der Waals surface area (Å²) in [6.07, 6.45) is 2.74. The number of carbonyl (C=O) groups is 1. The number of nitrogens with zero attached hydrogens (tertiary/aromatic N) is 3. The van der Waals surface area contributed by atoms with E-state index in [2.05, 4.69) is 15.0 Å². The van der Waals surface area contributed by atoms with E-state index in [1.165, 1.54) is 18.2 Å². The maximum Gasteiger partial charge on any atom is 0.326 e. The Kier molecular flexibility index (Phi) is 4.78. The van der Waals surface area contributed by atoms with Gasteiger partial charge in [0.25, 0.3) is 11.5 Å². The van der Waals surface area contributed by atoms with Crippen LogP contribution in [0.5, 0.6) is 11.9 Å². The van der Waals surface area contributed by atoms with E-state index >= 15 is 0 Å². The van der Waals surface area contributed by atoms with E-state index in [4.69, 9.17) is 9.47 Å². The molecule has 1 aliphatic heterocycles. The van der Waals surface area contributed by atoms with Crippen molar-refractivity contribution < 1.29 is 14.3 Å². The van der Waals surface area contributed by atoms with Crippen molar-refractivity contribution in [3.05, 3.63) is 44.9 Å².